The van der Waals surface area contributed by atoms with Crippen molar-refractivity contribution >= 4 is 11.4 Å². The number of anilines is 2. The molecule has 2 N–H and O–H groups in total. The zero-order valence-electron chi connectivity index (χ0n) is 21.9. The first-order chi connectivity index (χ1) is 16.2. The fourth-order valence-corrected chi connectivity index (χ4v) is 8.69. The van der Waals surface area contributed by atoms with Gasteiger partial charge in [-0.05, 0) is 118 Å². The highest BCUT2D eigenvalue weighted by molar-refractivity contribution is 5.71. The molecule has 4 bridgehead atoms. The maximum atomic E-state index is 6.49. The van der Waals surface area contributed by atoms with Crippen molar-refractivity contribution in [2.24, 2.45) is 22.5 Å². The van der Waals surface area contributed by atoms with Gasteiger partial charge in [-0.15, -0.1) is 0 Å². The van der Waals surface area contributed by atoms with Crippen molar-refractivity contribution < 1.29 is 0 Å². The molecule has 0 radical (unpaired) electrons. The maximum Gasteiger partial charge on any atom is 0.0443 e. The number of hydrogen-bond acceptors (Lipinski definition) is 3. The molecule has 4 saturated carbocycles. The molecule has 3 nitrogen and oxygen atoms in total. The molecule has 3 heteroatoms. The second-order valence-corrected chi connectivity index (χ2v) is 13.1. The number of benzene rings is 2. The SMILES string of the molecule is CC12CC3CC(C)(C1)CC(N)(C3)C2.CN(C)CCCN1c2ccccc2CCc2ccccc21. The number of nitrogens with two attached hydrogens (primary N) is 1. The number of para-hydroxylation sites is 2. The van der Waals surface area contributed by atoms with Gasteiger partial charge in [0.05, 0.1) is 0 Å². The normalized spacial score (nSPS) is 33.1. The van der Waals surface area contributed by atoms with Gasteiger partial charge in [-0.1, -0.05) is 50.2 Å². The molecule has 0 spiro atoms. The van der Waals surface area contributed by atoms with Crippen molar-refractivity contribution in [1.29, 1.82) is 0 Å². The molecule has 2 atom stereocenters. The van der Waals surface area contributed by atoms with E-state index in [4.69, 9.17) is 5.73 Å². The Balaban J connectivity index is 0.000000157. The van der Waals surface area contributed by atoms with E-state index in [0.717, 1.165) is 31.8 Å². The number of rotatable bonds is 4. The Morgan fingerprint density at radius 1 is 0.824 bits per heavy atom. The van der Waals surface area contributed by atoms with E-state index in [1.165, 1.54) is 67.4 Å². The third-order valence-corrected chi connectivity index (χ3v) is 8.88. The lowest BCUT2D eigenvalue weighted by Gasteiger charge is -2.64. The van der Waals surface area contributed by atoms with Crippen LogP contribution >= 0.6 is 0 Å². The van der Waals surface area contributed by atoms with Crippen LogP contribution in [0.15, 0.2) is 48.5 Å². The van der Waals surface area contributed by atoms with E-state index in [-0.39, 0.29) is 5.54 Å². The predicted octanol–water partition coefficient (Wildman–Crippen LogP) is 6.57. The lowest BCUT2D eigenvalue weighted by atomic mass is 9.43. The maximum absolute atomic E-state index is 6.49. The van der Waals surface area contributed by atoms with Gasteiger partial charge in [-0.25, -0.2) is 0 Å². The van der Waals surface area contributed by atoms with Crippen molar-refractivity contribution in [3.8, 4) is 0 Å². The first-order valence-corrected chi connectivity index (χ1v) is 13.5. The number of nitrogens with zero attached hydrogens (tertiary/aromatic N) is 2. The summed E-state index contributed by atoms with van der Waals surface area (Å²) >= 11 is 0. The van der Waals surface area contributed by atoms with Gasteiger partial charge in [-0.2, -0.15) is 0 Å². The van der Waals surface area contributed by atoms with E-state index in [9.17, 15) is 0 Å². The number of aryl methyl sites for hydroxylation is 2. The van der Waals surface area contributed by atoms with E-state index in [0.29, 0.717) is 10.8 Å². The van der Waals surface area contributed by atoms with Crippen LogP contribution in [0.1, 0.15) is 69.9 Å². The summed E-state index contributed by atoms with van der Waals surface area (Å²) in [5, 5.41) is 0. The Labute approximate surface area is 207 Å². The van der Waals surface area contributed by atoms with Crippen LogP contribution in [0.5, 0.6) is 0 Å². The summed E-state index contributed by atoms with van der Waals surface area (Å²) in [6.45, 7) is 7.14. The molecule has 4 aliphatic carbocycles. The Bertz CT molecular complexity index is 913. The average Bonchev–Trinajstić information content (AvgIpc) is 2.88. The monoisotopic (exact) mass is 459 g/mol. The molecule has 2 aromatic carbocycles. The van der Waals surface area contributed by atoms with Gasteiger partial charge in [0.25, 0.3) is 0 Å². The number of fused-ring (bicyclic) bond motifs is 2. The molecule has 1 heterocycles. The zero-order chi connectivity index (χ0) is 24.0. The van der Waals surface area contributed by atoms with Crippen LogP contribution in [0.3, 0.4) is 0 Å². The van der Waals surface area contributed by atoms with E-state index in [1.807, 2.05) is 0 Å². The molecule has 34 heavy (non-hydrogen) atoms. The first-order valence-electron chi connectivity index (χ1n) is 13.5. The fraction of sp³-hybridized carbons (Fsp3) is 0.613. The Morgan fingerprint density at radius 3 is 1.82 bits per heavy atom. The van der Waals surface area contributed by atoms with Gasteiger partial charge in [0.15, 0.2) is 0 Å². The lowest BCUT2D eigenvalue weighted by molar-refractivity contribution is -0.104. The number of hydrogen-bond donors (Lipinski definition) is 1. The highest BCUT2D eigenvalue weighted by Crippen LogP contribution is 2.65. The van der Waals surface area contributed by atoms with Crippen LogP contribution in [-0.2, 0) is 12.8 Å². The summed E-state index contributed by atoms with van der Waals surface area (Å²) < 4.78 is 0. The second kappa shape index (κ2) is 8.99. The molecule has 7 rings (SSSR count). The molecule has 0 amide bonds. The summed E-state index contributed by atoms with van der Waals surface area (Å²) in [6, 6.07) is 17.7. The molecule has 2 unspecified atom stereocenters. The smallest absolute Gasteiger partial charge is 0.0443 e. The standard InChI is InChI=1S/C19H24N2.C12H21N/c1-20(2)14-7-15-21-18-10-5-3-8-16(18)12-13-17-9-4-6-11-19(17)21;1-10-3-9-4-11(2,6-10)8-12(13,5-9)7-10/h3-6,8-11H,7,12-15H2,1-2H3;9H,3-8,13H2,1-2H3. The molecular formula is C31H45N3. The summed E-state index contributed by atoms with van der Waals surface area (Å²) in [6.07, 6.45) is 11.7. The molecule has 0 aromatic heterocycles. The predicted molar refractivity (Wildman–Crippen MR) is 145 cm³/mol. The molecule has 0 saturated heterocycles. The van der Waals surface area contributed by atoms with Crippen molar-refractivity contribution in [2.45, 2.75) is 77.2 Å². The highest BCUT2D eigenvalue weighted by Gasteiger charge is 2.58. The van der Waals surface area contributed by atoms with Crippen LogP contribution in [0.4, 0.5) is 11.4 Å². The van der Waals surface area contributed by atoms with Gasteiger partial charge >= 0.3 is 0 Å². The van der Waals surface area contributed by atoms with Gasteiger partial charge in [0.2, 0.25) is 0 Å². The molecule has 1 aliphatic heterocycles. The van der Waals surface area contributed by atoms with Gasteiger partial charge < -0.3 is 15.5 Å². The minimum absolute atomic E-state index is 0.225. The summed E-state index contributed by atoms with van der Waals surface area (Å²) in [7, 11) is 4.29. The molecule has 5 aliphatic rings. The zero-order valence-corrected chi connectivity index (χ0v) is 21.9. The largest absolute Gasteiger partial charge is 0.341 e. The second-order valence-electron chi connectivity index (χ2n) is 13.1. The molecular weight excluding hydrogens is 414 g/mol. The van der Waals surface area contributed by atoms with Crippen LogP contribution in [0, 0.1) is 16.7 Å². The van der Waals surface area contributed by atoms with Crippen molar-refractivity contribution in [2.75, 3.05) is 32.1 Å². The van der Waals surface area contributed by atoms with Crippen LogP contribution in [0.25, 0.3) is 0 Å². The van der Waals surface area contributed by atoms with E-state index < -0.39 is 0 Å². The Kier molecular flexibility index (Phi) is 6.31. The van der Waals surface area contributed by atoms with Gasteiger partial charge in [-0.3, -0.25) is 0 Å². The topological polar surface area (TPSA) is 32.5 Å². The summed E-state index contributed by atoms with van der Waals surface area (Å²) in [5.41, 5.74) is 13.6. The minimum Gasteiger partial charge on any atom is -0.341 e. The molecule has 2 aromatic rings. The molecule has 4 fully saturated rings. The van der Waals surface area contributed by atoms with Gasteiger partial charge in [0, 0.05) is 23.5 Å². The van der Waals surface area contributed by atoms with E-state index >= 15 is 0 Å². The third kappa shape index (κ3) is 4.93. The van der Waals surface area contributed by atoms with Crippen molar-refractivity contribution in [3.63, 3.8) is 0 Å². The fourth-order valence-electron chi connectivity index (χ4n) is 8.69. The van der Waals surface area contributed by atoms with Crippen LogP contribution in [0.2, 0.25) is 0 Å². The quantitative estimate of drug-likeness (QED) is 0.561. The Hall–Kier alpha value is -1.84. The average molecular weight is 460 g/mol. The summed E-state index contributed by atoms with van der Waals surface area (Å²) in [5.74, 6) is 0.955. The van der Waals surface area contributed by atoms with Crippen molar-refractivity contribution in [3.05, 3.63) is 59.7 Å². The Morgan fingerprint density at radius 2 is 1.35 bits per heavy atom. The minimum atomic E-state index is 0.225. The first kappa shape index (κ1) is 23.9. The van der Waals surface area contributed by atoms with E-state index in [1.54, 1.807) is 0 Å². The third-order valence-electron chi connectivity index (χ3n) is 8.88. The van der Waals surface area contributed by atoms with Gasteiger partial charge in [0.1, 0.15) is 0 Å². The summed E-state index contributed by atoms with van der Waals surface area (Å²) in [4.78, 5) is 4.77. The molecule has 184 valence electrons. The lowest BCUT2D eigenvalue weighted by Crippen LogP contribution is -2.62. The van der Waals surface area contributed by atoms with Crippen LogP contribution in [-0.4, -0.2) is 37.6 Å². The van der Waals surface area contributed by atoms with Crippen LogP contribution < -0.4 is 10.6 Å². The van der Waals surface area contributed by atoms with Crippen molar-refractivity contribution in [1.82, 2.24) is 4.90 Å². The van der Waals surface area contributed by atoms with E-state index in [2.05, 4.69) is 86.3 Å². The highest BCUT2D eigenvalue weighted by atomic mass is 15.1.